The number of nitrogens with one attached hydrogen (secondary N) is 1. The van der Waals surface area contributed by atoms with Crippen LogP contribution < -0.4 is 10.1 Å². The third-order valence-corrected chi connectivity index (χ3v) is 3.39. The zero-order valence-electron chi connectivity index (χ0n) is 13.0. The molecule has 0 spiro atoms. The summed E-state index contributed by atoms with van der Waals surface area (Å²) in [5.74, 6) is -2.11. The number of anilines is 1. The van der Waals surface area contributed by atoms with Crippen molar-refractivity contribution in [3.8, 4) is 11.4 Å². The number of hydrogen-bond donors (Lipinski definition) is 1. The molecule has 3 rings (SSSR count). The molecule has 140 valence electrons. The van der Waals surface area contributed by atoms with Crippen molar-refractivity contribution in [3.63, 3.8) is 0 Å². The molecule has 1 aromatic heterocycles. The molecule has 0 fully saturated rings. The van der Waals surface area contributed by atoms with E-state index >= 15 is 0 Å². The Balaban J connectivity index is 1.72. The molecule has 0 aliphatic carbocycles. The molecule has 0 saturated carbocycles. The van der Waals surface area contributed by atoms with Crippen LogP contribution in [-0.2, 0) is 0 Å². The number of carbonyl (C=O) groups excluding carboxylic acids is 1. The van der Waals surface area contributed by atoms with Crippen molar-refractivity contribution in [3.05, 3.63) is 59.1 Å². The maximum absolute atomic E-state index is 13.1. The van der Waals surface area contributed by atoms with Gasteiger partial charge in [-0.05, 0) is 47.7 Å². The summed E-state index contributed by atoms with van der Waals surface area (Å²) < 4.78 is 53.3. The van der Waals surface area contributed by atoms with E-state index in [0.717, 1.165) is 23.0 Å². The summed E-state index contributed by atoms with van der Waals surface area (Å²) in [5.41, 5.74) is 0.470. The molecular weight excluding hydrogens is 394 g/mol. The van der Waals surface area contributed by atoms with Gasteiger partial charge in [0.1, 0.15) is 11.6 Å². The van der Waals surface area contributed by atoms with Gasteiger partial charge in [0, 0.05) is 5.69 Å². The number of nitrogens with zero attached hydrogens (tertiary/aromatic N) is 4. The van der Waals surface area contributed by atoms with Gasteiger partial charge in [-0.15, -0.1) is 28.2 Å². The largest absolute Gasteiger partial charge is 0.573 e. The quantitative estimate of drug-likeness (QED) is 0.675. The zero-order chi connectivity index (χ0) is 19.6. The SMILES string of the molecule is O=C(Nc1ccc(F)c(Cl)c1)c1nnn(-c2ccc(OC(F)(F)F)cc2)n1. The third-order valence-electron chi connectivity index (χ3n) is 3.10. The highest BCUT2D eigenvalue weighted by Crippen LogP contribution is 2.23. The maximum atomic E-state index is 13.1. The van der Waals surface area contributed by atoms with Crippen molar-refractivity contribution in [2.24, 2.45) is 0 Å². The normalized spacial score (nSPS) is 11.3. The minimum absolute atomic E-state index is 0.175. The van der Waals surface area contributed by atoms with Crippen LogP contribution in [0.1, 0.15) is 10.6 Å². The second-order valence-corrected chi connectivity index (χ2v) is 5.43. The number of hydrogen-bond acceptors (Lipinski definition) is 5. The molecule has 0 atom stereocenters. The summed E-state index contributed by atoms with van der Waals surface area (Å²) in [6.07, 6.45) is -4.80. The Morgan fingerprint density at radius 2 is 1.85 bits per heavy atom. The molecule has 0 bridgehead atoms. The molecular formula is C15H8ClF4N5O2. The highest BCUT2D eigenvalue weighted by atomic mass is 35.5. The fraction of sp³-hybridized carbons (Fsp3) is 0.0667. The summed E-state index contributed by atoms with van der Waals surface area (Å²) in [7, 11) is 0. The average Bonchev–Trinajstić information content (AvgIpc) is 3.08. The van der Waals surface area contributed by atoms with Gasteiger partial charge in [0.2, 0.25) is 0 Å². The lowest BCUT2D eigenvalue weighted by molar-refractivity contribution is -0.274. The van der Waals surface area contributed by atoms with Crippen LogP contribution >= 0.6 is 11.6 Å². The van der Waals surface area contributed by atoms with E-state index in [-0.39, 0.29) is 22.2 Å². The Hall–Kier alpha value is -3.21. The van der Waals surface area contributed by atoms with Gasteiger partial charge < -0.3 is 10.1 Å². The molecule has 7 nitrogen and oxygen atoms in total. The van der Waals surface area contributed by atoms with Gasteiger partial charge in [0.25, 0.3) is 11.7 Å². The van der Waals surface area contributed by atoms with Crippen molar-refractivity contribution in [2.45, 2.75) is 6.36 Å². The first-order chi connectivity index (χ1) is 12.7. The first-order valence-corrected chi connectivity index (χ1v) is 7.52. The van der Waals surface area contributed by atoms with Crippen molar-refractivity contribution in [2.75, 3.05) is 5.32 Å². The lowest BCUT2D eigenvalue weighted by Gasteiger charge is -2.08. The molecule has 1 amide bonds. The molecule has 0 saturated heterocycles. The number of rotatable bonds is 4. The van der Waals surface area contributed by atoms with Gasteiger partial charge in [0.05, 0.1) is 10.7 Å². The summed E-state index contributed by atoms with van der Waals surface area (Å²) >= 11 is 5.63. The zero-order valence-corrected chi connectivity index (χ0v) is 13.8. The lowest BCUT2D eigenvalue weighted by Crippen LogP contribution is -2.17. The van der Waals surface area contributed by atoms with Gasteiger partial charge in [0.15, 0.2) is 0 Å². The number of amides is 1. The first-order valence-electron chi connectivity index (χ1n) is 7.14. The second kappa shape index (κ2) is 7.19. The van der Waals surface area contributed by atoms with E-state index in [4.69, 9.17) is 11.6 Å². The Bertz CT molecular complexity index is 975. The predicted molar refractivity (Wildman–Crippen MR) is 85.2 cm³/mol. The molecule has 2 aromatic carbocycles. The lowest BCUT2D eigenvalue weighted by atomic mass is 10.3. The van der Waals surface area contributed by atoms with E-state index in [1.54, 1.807) is 0 Å². The average molecular weight is 402 g/mol. The highest BCUT2D eigenvalue weighted by Gasteiger charge is 2.31. The van der Waals surface area contributed by atoms with E-state index in [1.807, 2.05) is 0 Å². The minimum Gasteiger partial charge on any atom is -0.406 e. The molecule has 0 unspecified atom stereocenters. The van der Waals surface area contributed by atoms with E-state index in [9.17, 15) is 22.4 Å². The Morgan fingerprint density at radius 1 is 1.15 bits per heavy atom. The number of benzene rings is 2. The molecule has 0 radical (unpaired) electrons. The number of halogens is 5. The Labute approximate surface area is 153 Å². The standard InChI is InChI=1S/C15H8ClF4N5O2/c16-11-7-8(1-6-12(11)17)21-14(26)13-22-24-25(23-13)9-2-4-10(5-3-9)27-15(18,19)20/h1-7H,(H,21,26). The van der Waals surface area contributed by atoms with Gasteiger partial charge in [-0.3, -0.25) is 4.79 Å². The van der Waals surface area contributed by atoms with E-state index in [2.05, 4.69) is 25.5 Å². The monoisotopic (exact) mass is 401 g/mol. The van der Waals surface area contributed by atoms with Crippen LogP contribution in [0.25, 0.3) is 5.69 Å². The number of alkyl halides is 3. The summed E-state index contributed by atoms with van der Waals surface area (Å²) in [4.78, 5) is 13.0. The van der Waals surface area contributed by atoms with Crippen molar-refractivity contribution >= 4 is 23.2 Å². The predicted octanol–water partition coefficient (Wildman–Crippen LogP) is 3.61. The topological polar surface area (TPSA) is 81.9 Å². The molecule has 27 heavy (non-hydrogen) atoms. The summed E-state index contributed by atoms with van der Waals surface area (Å²) in [5, 5.41) is 13.3. The van der Waals surface area contributed by atoms with Crippen LogP contribution in [0.15, 0.2) is 42.5 Å². The summed E-state index contributed by atoms with van der Waals surface area (Å²) in [6.45, 7) is 0. The number of aromatic nitrogens is 4. The maximum Gasteiger partial charge on any atom is 0.573 e. The van der Waals surface area contributed by atoms with Gasteiger partial charge in [-0.1, -0.05) is 11.6 Å². The van der Waals surface area contributed by atoms with Crippen LogP contribution in [-0.4, -0.2) is 32.5 Å². The van der Waals surface area contributed by atoms with Crippen molar-refractivity contribution < 1.29 is 27.1 Å². The summed E-state index contributed by atoms with van der Waals surface area (Å²) in [6, 6.07) is 8.21. The highest BCUT2D eigenvalue weighted by molar-refractivity contribution is 6.31. The molecule has 0 aliphatic rings. The van der Waals surface area contributed by atoms with E-state index < -0.39 is 23.8 Å². The molecule has 12 heteroatoms. The minimum atomic E-state index is -4.80. The van der Waals surface area contributed by atoms with Crippen LogP contribution in [0.2, 0.25) is 5.02 Å². The number of carbonyl (C=O) groups is 1. The van der Waals surface area contributed by atoms with Gasteiger partial charge in [-0.25, -0.2) is 4.39 Å². The van der Waals surface area contributed by atoms with E-state index in [1.165, 1.54) is 24.3 Å². The van der Waals surface area contributed by atoms with E-state index in [0.29, 0.717) is 0 Å². The molecule has 0 aliphatic heterocycles. The molecule has 3 aromatic rings. The Morgan fingerprint density at radius 3 is 2.48 bits per heavy atom. The molecule has 1 heterocycles. The van der Waals surface area contributed by atoms with Gasteiger partial charge >= 0.3 is 6.36 Å². The smallest absolute Gasteiger partial charge is 0.406 e. The van der Waals surface area contributed by atoms with Crippen molar-refractivity contribution in [1.82, 2.24) is 20.2 Å². The first kappa shape index (κ1) is 18.6. The van der Waals surface area contributed by atoms with Crippen LogP contribution in [0.5, 0.6) is 5.75 Å². The number of tetrazole rings is 1. The Kier molecular flexibility index (Phi) is 4.95. The fourth-order valence-electron chi connectivity index (χ4n) is 1.96. The molecule has 1 N–H and O–H groups in total. The number of ether oxygens (including phenoxy) is 1. The van der Waals surface area contributed by atoms with Crippen molar-refractivity contribution in [1.29, 1.82) is 0 Å². The fourth-order valence-corrected chi connectivity index (χ4v) is 2.14. The van der Waals surface area contributed by atoms with Crippen LogP contribution in [0, 0.1) is 5.82 Å². The van der Waals surface area contributed by atoms with Crippen LogP contribution in [0.3, 0.4) is 0 Å². The van der Waals surface area contributed by atoms with Crippen LogP contribution in [0.4, 0.5) is 23.2 Å². The van der Waals surface area contributed by atoms with Gasteiger partial charge in [-0.2, -0.15) is 0 Å². The second-order valence-electron chi connectivity index (χ2n) is 5.03. The third kappa shape index (κ3) is 4.70.